The Balaban J connectivity index is 2.16. The normalized spacial score (nSPS) is 11.6. The maximum absolute atomic E-state index is 12.4. The lowest BCUT2D eigenvalue weighted by atomic mass is 10.1. The number of rotatable bonds is 6. The molecule has 0 saturated carbocycles. The van der Waals surface area contributed by atoms with E-state index in [4.69, 9.17) is 23.2 Å². The number of hydrogen-bond donors (Lipinski definition) is 1. The van der Waals surface area contributed by atoms with E-state index in [-0.39, 0.29) is 13.1 Å². The Morgan fingerprint density at radius 1 is 1.08 bits per heavy atom. The molecule has 0 fully saturated rings. The zero-order valence-electron chi connectivity index (χ0n) is 14.7. The van der Waals surface area contributed by atoms with Crippen LogP contribution in [0, 0.1) is 13.8 Å². The van der Waals surface area contributed by atoms with Crippen molar-refractivity contribution in [1.29, 1.82) is 0 Å². The van der Waals surface area contributed by atoms with Gasteiger partial charge in [-0.15, -0.1) is 0 Å². The Morgan fingerprint density at radius 3 is 2.38 bits per heavy atom. The third-order valence-electron chi connectivity index (χ3n) is 3.80. The summed E-state index contributed by atoms with van der Waals surface area (Å²) in [4.78, 5) is 12.4. The van der Waals surface area contributed by atoms with Gasteiger partial charge in [-0.05, 0) is 48.7 Å². The molecule has 0 aliphatic carbocycles. The number of halogens is 2. The molecule has 2 aromatic carbocycles. The number of carbonyl (C=O) groups is 1. The van der Waals surface area contributed by atoms with Crippen LogP contribution in [0.2, 0.25) is 10.0 Å². The van der Waals surface area contributed by atoms with Crippen LogP contribution in [0.4, 0.5) is 5.69 Å². The van der Waals surface area contributed by atoms with Crippen molar-refractivity contribution in [3.63, 3.8) is 0 Å². The molecule has 1 N–H and O–H groups in total. The molecule has 0 aliphatic heterocycles. The quantitative estimate of drug-likeness (QED) is 0.775. The van der Waals surface area contributed by atoms with Gasteiger partial charge in [0.2, 0.25) is 15.9 Å². The zero-order valence-corrected chi connectivity index (χ0v) is 17.0. The molecular weight excluding hydrogens is 395 g/mol. The van der Waals surface area contributed by atoms with E-state index in [0.717, 1.165) is 21.7 Å². The Kier molecular flexibility index (Phi) is 6.69. The molecule has 0 bridgehead atoms. The van der Waals surface area contributed by atoms with Gasteiger partial charge in [0.15, 0.2) is 0 Å². The van der Waals surface area contributed by atoms with Gasteiger partial charge in [-0.2, -0.15) is 4.31 Å². The minimum atomic E-state index is -3.60. The first kappa shape index (κ1) is 20.7. The predicted molar refractivity (Wildman–Crippen MR) is 106 cm³/mol. The Morgan fingerprint density at radius 2 is 1.77 bits per heavy atom. The topological polar surface area (TPSA) is 66.5 Å². The molecule has 2 aromatic rings. The van der Waals surface area contributed by atoms with Crippen LogP contribution in [-0.2, 0) is 21.4 Å². The minimum absolute atomic E-state index is 0.0238. The lowest BCUT2D eigenvalue weighted by Gasteiger charge is -2.20. The number of benzene rings is 2. The summed E-state index contributed by atoms with van der Waals surface area (Å²) in [7, 11) is -3.60. The van der Waals surface area contributed by atoms with Crippen LogP contribution in [0.3, 0.4) is 0 Å². The smallest absolute Gasteiger partial charge is 0.239 e. The summed E-state index contributed by atoms with van der Waals surface area (Å²) in [5.41, 5.74) is 3.21. The van der Waals surface area contributed by atoms with Gasteiger partial charge in [0.25, 0.3) is 0 Å². The van der Waals surface area contributed by atoms with Crippen molar-refractivity contribution in [3.05, 3.63) is 63.1 Å². The number of carbonyl (C=O) groups excluding carboxylic acids is 1. The molecule has 0 saturated heterocycles. The third-order valence-corrected chi connectivity index (χ3v) is 5.73. The van der Waals surface area contributed by atoms with Crippen LogP contribution >= 0.6 is 23.2 Å². The Bertz CT molecular complexity index is 930. The molecule has 0 radical (unpaired) electrons. The van der Waals surface area contributed by atoms with Crippen molar-refractivity contribution in [3.8, 4) is 0 Å². The molecule has 0 heterocycles. The first-order valence-electron chi connectivity index (χ1n) is 7.82. The highest BCUT2D eigenvalue weighted by Crippen LogP contribution is 2.24. The summed E-state index contributed by atoms with van der Waals surface area (Å²) < 4.78 is 25.3. The van der Waals surface area contributed by atoms with Crippen molar-refractivity contribution in [2.24, 2.45) is 0 Å². The largest absolute Gasteiger partial charge is 0.325 e. The molecule has 0 aromatic heterocycles. The number of nitrogens with one attached hydrogen (secondary N) is 1. The molecular formula is C18H20Cl2N2O3S. The number of hydrogen-bond acceptors (Lipinski definition) is 3. The van der Waals surface area contributed by atoms with E-state index < -0.39 is 15.9 Å². The summed E-state index contributed by atoms with van der Waals surface area (Å²) in [6.07, 6.45) is 1.07. The average Bonchev–Trinajstić information content (AvgIpc) is 2.53. The summed E-state index contributed by atoms with van der Waals surface area (Å²) >= 11 is 11.9. The van der Waals surface area contributed by atoms with E-state index >= 15 is 0 Å². The van der Waals surface area contributed by atoms with Crippen molar-refractivity contribution < 1.29 is 13.2 Å². The third kappa shape index (κ3) is 5.71. The fourth-order valence-corrected chi connectivity index (χ4v) is 3.41. The molecule has 26 heavy (non-hydrogen) atoms. The van der Waals surface area contributed by atoms with Gasteiger partial charge in [-0.1, -0.05) is 41.4 Å². The second kappa shape index (κ2) is 8.39. The van der Waals surface area contributed by atoms with Gasteiger partial charge >= 0.3 is 0 Å². The Hall–Kier alpha value is -1.60. The molecule has 0 aliphatic rings. The van der Waals surface area contributed by atoms with E-state index in [1.165, 1.54) is 0 Å². The van der Waals surface area contributed by atoms with Gasteiger partial charge in [-0.25, -0.2) is 8.42 Å². The second-order valence-electron chi connectivity index (χ2n) is 6.15. The maximum atomic E-state index is 12.4. The number of amides is 1. The van der Waals surface area contributed by atoms with Crippen LogP contribution in [-0.4, -0.2) is 31.4 Å². The molecule has 0 spiro atoms. The monoisotopic (exact) mass is 414 g/mol. The first-order valence-corrected chi connectivity index (χ1v) is 10.4. The lowest BCUT2D eigenvalue weighted by molar-refractivity contribution is -0.116. The highest BCUT2D eigenvalue weighted by Gasteiger charge is 2.21. The molecule has 0 atom stereocenters. The maximum Gasteiger partial charge on any atom is 0.239 e. The Labute approximate surface area is 164 Å². The number of nitrogens with zero attached hydrogens (tertiary/aromatic N) is 1. The van der Waals surface area contributed by atoms with Crippen LogP contribution in [0.5, 0.6) is 0 Å². The van der Waals surface area contributed by atoms with Crippen LogP contribution < -0.4 is 5.32 Å². The van der Waals surface area contributed by atoms with Gasteiger partial charge in [0, 0.05) is 12.2 Å². The van der Waals surface area contributed by atoms with E-state index in [2.05, 4.69) is 5.32 Å². The van der Waals surface area contributed by atoms with E-state index in [1.54, 1.807) is 18.2 Å². The molecule has 2 rings (SSSR count). The fraction of sp³-hybridized carbons (Fsp3) is 0.278. The SMILES string of the molecule is Cc1ccc(C)c(NC(=O)CN(Cc2ccc(Cl)c(Cl)c2)S(C)(=O)=O)c1. The van der Waals surface area contributed by atoms with Crippen molar-refractivity contribution in [1.82, 2.24) is 4.31 Å². The van der Waals surface area contributed by atoms with Crippen molar-refractivity contribution >= 4 is 44.8 Å². The summed E-state index contributed by atoms with van der Waals surface area (Å²) in [5, 5.41) is 3.48. The van der Waals surface area contributed by atoms with Gasteiger partial charge in [0.1, 0.15) is 0 Å². The van der Waals surface area contributed by atoms with Crippen molar-refractivity contribution in [2.45, 2.75) is 20.4 Å². The first-order chi connectivity index (χ1) is 12.1. The van der Waals surface area contributed by atoms with Crippen LogP contribution in [0.25, 0.3) is 0 Å². The van der Waals surface area contributed by atoms with Crippen LogP contribution in [0.15, 0.2) is 36.4 Å². The van der Waals surface area contributed by atoms with Gasteiger partial charge in [0.05, 0.1) is 22.8 Å². The van der Waals surface area contributed by atoms with E-state index in [9.17, 15) is 13.2 Å². The summed E-state index contributed by atoms with van der Waals surface area (Å²) in [5.74, 6) is -0.413. The van der Waals surface area contributed by atoms with E-state index in [0.29, 0.717) is 21.3 Å². The second-order valence-corrected chi connectivity index (χ2v) is 8.94. The highest BCUT2D eigenvalue weighted by atomic mass is 35.5. The van der Waals surface area contributed by atoms with E-state index in [1.807, 2.05) is 32.0 Å². The number of anilines is 1. The fourth-order valence-electron chi connectivity index (χ4n) is 2.35. The van der Waals surface area contributed by atoms with Crippen molar-refractivity contribution in [2.75, 3.05) is 18.1 Å². The lowest BCUT2D eigenvalue weighted by Crippen LogP contribution is -2.37. The molecule has 0 unspecified atom stereocenters. The number of sulfonamides is 1. The summed E-state index contributed by atoms with van der Waals surface area (Å²) in [6.45, 7) is 3.52. The molecule has 5 nitrogen and oxygen atoms in total. The minimum Gasteiger partial charge on any atom is -0.325 e. The average molecular weight is 415 g/mol. The molecule has 8 heteroatoms. The zero-order chi connectivity index (χ0) is 19.5. The highest BCUT2D eigenvalue weighted by molar-refractivity contribution is 7.88. The predicted octanol–water partition coefficient (Wildman–Crippen LogP) is 4.01. The molecule has 1 amide bonds. The van der Waals surface area contributed by atoms with Gasteiger partial charge < -0.3 is 5.32 Å². The van der Waals surface area contributed by atoms with Crippen LogP contribution in [0.1, 0.15) is 16.7 Å². The molecule has 140 valence electrons. The number of aryl methyl sites for hydroxylation is 2. The van der Waals surface area contributed by atoms with Gasteiger partial charge in [-0.3, -0.25) is 4.79 Å². The standard InChI is InChI=1S/C18H20Cl2N2O3S/c1-12-4-5-13(2)17(8-12)21-18(23)11-22(26(3,24)25)10-14-6-7-15(19)16(20)9-14/h4-9H,10-11H2,1-3H3,(H,21,23). The summed E-state index contributed by atoms with van der Waals surface area (Å²) in [6, 6.07) is 10.5.